The van der Waals surface area contributed by atoms with Crippen LogP contribution in [0.4, 0.5) is 0 Å². The van der Waals surface area contributed by atoms with Crippen molar-refractivity contribution >= 4 is 28.5 Å². The van der Waals surface area contributed by atoms with Gasteiger partial charge in [0.25, 0.3) is 0 Å². The van der Waals surface area contributed by atoms with Gasteiger partial charge in [-0.2, -0.15) is 0 Å². The summed E-state index contributed by atoms with van der Waals surface area (Å²) >= 11 is -2.67. The van der Waals surface area contributed by atoms with E-state index in [9.17, 15) is 13.0 Å². The van der Waals surface area contributed by atoms with Crippen LogP contribution in [-0.4, -0.2) is 35.1 Å². The first-order valence-electron chi connectivity index (χ1n) is 7.34. The van der Waals surface area contributed by atoms with Crippen LogP contribution in [0, 0.1) is 0 Å². The molecule has 0 aliphatic heterocycles. The minimum absolute atomic E-state index is 0. The van der Waals surface area contributed by atoms with Gasteiger partial charge in [0.15, 0.2) is 0 Å². The zero-order valence-electron chi connectivity index (χ0n) is 13.2. The quantitative estimate of drug-likeness (QED) is 0.402. The maximum absolute atomic E-state index is 11.3. The second-order valence-electron chi connectivity index (χ2n) is 5.54. The Kier molecular flexibility index (Phi) is 16.0. The molecule has 0 aliphatic rings. The van der Waals surface area contributed by atoms with Crippen molar-refractivity contribution in [1.82, 2.24) is 0 Å². The molecule has 0 aromatic carbocycles. The van der Waals surface area contributed by atoms with E-state index in [-0.39, 0.29) is 55.2 Å². The fourth-order valence-electron chi connectivity index (χ4n) is 2.63. The zero-order valence-corrected chi connectivity index (χ0v) is 20.0. The van der Waals surface area contributed by atoms with Crippen molar-refractivity contribution in [2.24, 2.45) is 0 Å². The molecule has 110 valence electrons. The van der Waals surface area contributed by atoms with Crippen LogP contribution < -0.4 is 51.4 Å². The molecule has 0 bridgehead atoms. The van der Waals surface area contributed by atoms with Crippen molar-refractivity contribution in [3.05, 3.63) is 0 Å². The molecule has 19 heavy (non-hydrogen) atoms. The smallest absolute Gasteiger partial charge is 1.00 e. The first-order valence-corrected chi connectivity index (χ1v) is 17.0. The van der Waals surface area contributed by atoms with Crippen LogP contribution in [0.2, 0.25) is 13.3 Å². The van der Waals surface area contributed by atoms with E-state index in [0.717, 1.165) is 51.8 Å². The molecule has 0 aliphatic carbocycles. The van der Waals surface area contributed by atoms with Gasteiger partial charge in [-0.3, -0.25) is 0 Å². The van der Waals surface area contributed by atoms with Crippen molar-refractivity contribution < 1.29 is 64.4 Å². The van der Waals surface area contributed by atoms with Gasteiger partial charge in [-0.15, -0.1) is 0 Å². The molecular weight excluding hydrogens is 394 g/mol. The summed E-state index contributed by atoms with van der Waals surface area (Å²) in [5.41, 5.74) is 0. The summed E-state index contributed by atoms with van der Waals surface area (Å²) < 4.78 is 35.5. The van der Waals surface area contributed by atoms with Crippen molar-refractivity contribution in [3.63, 3.8) is 0 Å². The second-order valence-corrected chi connectivity index (χ2v) is 22.3. The van der Waals surface area contributed by atoms with Crippen LogP contribution in [0.15, 0.2) is 0 Å². The number of hydrogen-bond acceptors (Lipinski definition) is 2. The molecule has 0 amide bonds. The Hall–Kier alpha value is 2.35. The molecule has 0 saturated carbocycles. The van der Waals surface area contributed by atoms with Gasteiger partial charge in [0.2, 0.25) is 0 Å². The first kappa shape index (κ1) is 23.6. The average Bonchev–Trinajstić information content (AvgIpc) is 2.29. The number of unbranched alkanes of at least 4 members (excludes halogenated alkanes) is 3. The molecule has 1 N–H and O–H groups in total. The van der Waals surface area contributed by atoms with Gasteiger partial charge < -0.3 is 0 Å². The van der Waals surface area contributed by atoms with Crippen molar-refractivity contribution in [2.45, 2.75) is 72.6 Å². The topological polar surface area (TPSA) is 54.4 Å². The van der Waals surface area contributed by atoms with Gasteiger partial charge in [-0.25, -0.2) is 0 Å². The van der Waals surface area contributed by atoms with Gasteiger partial charge in [0, 0.05) is 0 Å². The molecule has 0 aromatic rings. The Bertz CT molecular complexity index is 285. The summed E-state index contributed by atoms with van der Waals surface area (Å²) in [5, 5.41) is 0. The van der Waals surface area contributed by atoms with E-state index in [4.69, 9.17) is 0 Å². The molecular formula is C13H30KO3SSn+. The monoisotopic (exact) mass is 425 g/mol. The molecule has 0 rings (SSSR count). The minimum atomic E-state index is -3.78. The van der Waals surface area contributed by atoms with Crippen LogP contribution in [0.25, 0.3) is 0 Å². The maximum atomic E-state index is 11.3. The predicted octanol–water partition coefficient (Wildman–Crippen LogP) is 1.27. The van der Waals surface area contributed by atoms with Crippen LogP contribution in [0.3, 0.4) is 0 Å². The average molecular weight is 424 g/mol. The van der Waals surface area contributed by atoms with E-state index in [1.54, 1.807) is 0 Å². The zero-order chi connectivity index (χ0) is 14.1. The Labute approximate surface area is 166 Å². The van der Waals surface area contributed by atoms with E-state index < -0.39 is 28.5 Å². The van der Waals surface area contributed by atoms with E-state index in [1.807, 2.05) is 0 Å². The minimum Gasteiger partial charge on any atom is 1.00 e. The fourth-order valence-corrected chi connectivity index (χ4v) is 25.8. The molecule has 0 fully saturated rings. The second kappa shape index (κ2) is 12.8. The third-order valence-corrected chi connectivity index (χ3v) is 25.1. The van der Waals surface area contributed by atoms with Gasteiger partial charge in [-0.1, -0.05) is 0 Å². The molecule has 0 aromatic heterocycles. The predicted molar refractivity (Wildman–Crippen MR) is 81.3 cm³/mol. The molecule has 0 spiro atoms. The van der Waals surface area contributed by atoms with E-state index in [0.29, 0.717) is 0 Å². The standard InChI is InChI=1S/3C4H9.CH3O3S.K.Sn/c3*1-3-4-2;1-5(2,3)4;;/h3*1,3-4H2,2H3;1H2,(H,2,3,4);;/q;;;;+1;. The number of rotatable bonds is 11. The summed E-state index contributed by atoms with van der Waals surface area (Å²) in [6, 6.07) is 0. The van der Waals surface area contributed by atoms with Gasteiger partial charge in [0.1, 0.15) is 0 Å². The van der Waals surface area contributed by atoms with E-state index >= 15 is 0 Å². The molecule has 0 saturated heterocycles. The summed E-state index contributed by atoms with van der Waals surface area (Å²) in [7, 11) is -3.78. The van der Waals surface area contributed by atoms with Crippen LogP contribution in [0.1, 0.15) is 59.3 Å². The summed E-state index contributed by atoms with van der Waals surface area (Å²) in [6.45, 7) is 6.47. The van der Waals surface area contributed by atoms with Gasteiger partial charge in [-0.05, 0) is 0 Å². The van der Waals surface area contributed by atoms with Crippen molar-refractivity contribution in [3.8, 4) is 0 Å². The first-order chi connectivity index (χ1) is 8.39. The third kappa shape index (κ3) is 12.6. The summed E-state index contributed by atoms with van der Waals surface area (Å²) in [4.78, 5) is 0. The maximum Gasteiger partial charge on any atom is 1.00 e. The number of hydrogen-bond donors (Lipinski definition) is 1. The fraction of sp³-hybridized carbons (Fsp3) is 1.00. The van der Waals surface area contributed by atoms with Crippen molar-refractivity contribution in [2.75, 3.05) is 3.77 Å². The molecule has 3 nitrogen and oxygen atoms in total. The van der Waals surface area contributed by atoms with Crippen LogP contribution >= 0.6 is 0 Å². The normalized spacial score (nSPS) is 12.2. The van der Waals surface area contributed by atoms with E-state index in [1.165, 1.54) is 0 Å². The molecule has 0 radical (unpaired) electrons. The molecule has 0 atom stereocenters. The molecule has 6 heteroatoms. The Morgan fingerprint density at radius 3 is 1.37 bits per heavy atom. The Morgan fingerprint density at radius 2 is 1.16 bits per heavy atom. The van der Waals surface area contributed by atoms with Crippen LogP contribution in [0.5, 0.6) is 0 Å². The van der Waals surface area contributed by atoms with Crippen LogP contribution in [-0.2, 0) is 10.1 Å². The van der Waals surface area contributed by atoms with Crippen molar-refractivity contribution in [1.29, 1.82) is 0 Å². The Morgan fingerprint density at radius 1 is 0.842 bits per heavy atom. The van der Waals surface area contributed by atoms with Gasteiger partial charge >= 0.3 is 169 Å². The summed E-state index contributed by atoms with van der Waals surface area (Å²) in [5.74, 6) is 0. The Balaban J connectivity index is 0. The molecule has 0 heterocycles. The third-order valence-electron chi connectivity index (χ3n) is 3.67. The molecule has 0 unspecified atom stereocenters. The summed E-state index contributed by atoms with van der Waals surface area (Å²) in [6.07, 6.45) is 6.80. The van der Waals surface area contributed by atoms with E-state index in [2.05, 4.69) is 20.8 Å². The van der Waals surface area contributed by atoms with Gasteiger partial charge in [0.05, 0.1) is 0 Å². The SMILES string of the molecule is CCC[CH2][Sn]([CH2]CCC)([CH2]CCC)[CH2]S(=O)(=O)O.[K+]. The largest absolute Gasteiger partial charge is 1.00 e.